The Balaban J connectivity index is 1.26. The lowest BCUT2D eigenvalue weighted by atomic mass is 10.2. The molecule has 5 heteroatoms. The Bertz CT molecular complexity index is 934. The summed E-state index contributed by atoms with van der Waals surface area (Å²) in [6, 6.07) is 21.5. The van der Waals surface area contributed by atoms with Gasteiger partial charge in [0.05, 0.1) is 0 Å². The van der Waals surface area contributed by atoms with Gasteiger partial charge in [0.1, 0.15) is 18.0 Å². The van der Waals surface area contributed by atoms with E-state index >= 15 is 0 Å². The minimum atomic E-state index is 0.987. The molecule has 0 bridgehead atoms. The Labute approximate surface area is 166 Å². The molecular formula is C23H25N5. The van der Waals surface area contributed by atoms with E-state index in [1.807, 2.05) is 0 Å². The Kier molecular flexibility index (Phi) is 4.67. The van der Waals surface area contributed by atoms with Crippen LogP contribution < -0.4 is 9.80 Å². The van der Waals surface area contributed by atoms with Crippen molar-refractivity contribution >= 4 is 17.3 Å². The minimum absolute atomic E-state index is 0.987. The lowest BCUT2D eigenvalue weighted by molar-refractivity contribution is 0.249. The molecule has 0 N–H and O–H groups in total. The summed E-state index contributed by atoms with van der Waals surface area (Å²) in [6.07, 6.45) is 2.79. The second kappa shape index (κ2) is 7.60. The van der Waals surface area contributed by atoms with E-state index in [0.717, 1.165) is 57.3 Å². The molecule has 1 aromatic heterocycles. The molecule has 5 nitrogen and oxygen atoms in total. The first-order valence-electron chi connectivity index (χ1n) is 10.1. The van der Waals surface area contributed by atoms with Gasteiger partial charge in [0.25, 0.3) is 0 Å². The van der Waals surface area contributed by atoms with Crippen molar-refractivity contribution in [3.05, 3.63) is 78.1 Å². The normalized spacial score (nSPS) is 17.0. The molecule has 0 aliphatic carbocycles. The van der Waals surface area contributed by atoms with Crippen LogP contribution in [0, 0.1) is 0 Å². The fourth-order valence-corrected chi connectivity index (χ4v) is 4.21. The highest BCUT2D eigenvalue weighted by molar-refractivity contribution is 5.68. The van der Waals surface area contributed by atoms with Gasteiger partial charge in [0.15, 0.2) is 0 Å². The molecule has 0 radical (unpaired) electrons. The Morgan fingerprint density at radius 3 is 2.36 bits per heavy atom. The van der Waals surface area contributed by atoms with Crippen molar-refractivity contribution < 1.29 is 0 Å². The average molecular weight is 371 g/mol. The van der Waals surface area contributed by atoms with Crippen LogP contribution >= 0.6 is 0 Å². The largest absolute Gasteiger partial charge is 0.354 e. The van der Waals surface area contributed by atoms with E-state index in [2.05, 4.69) is 85.3 Å². The second-order valence-electron chi connectivity index (χ2n) is 7.51. The molecule has 0 spiro atoms. The topological polar surface area (TPSA) is 35.5 Å². The molecule has 2 aliphatic heterocycles. The quantitative estimate of drug-likeness (QED) is 0.701. The fourth-order valence-electron chi connectivity index (χ4n) is 4.21. The van der Waals surface area contributed by atoms with Crippen molar-refractivity contribution in [2.45, 2.75) is 13.0 Å². The fraction of sp³-hybridized carbons (Fsp3) is 0.304. The zero-order valence-corrected chi connectivity index (χ0v) is 16.0. The van der Waals surface area contributed by atoms with E-state index in [1.54, 1.807) is 6.33 Å². The van der Waals surface area contributed by atoms with Gasteiger partial charge in [-0.2, -0.15) is 0 Å². The first-order chi connectivity index (χ1) is 13.9. The van der Waals surface area contributed by atoms with Gasteiger partial charge in [-0.15, -0.1) is 0 Å². The molecule has 3 heterocycles. The van der Waals surface area contributed by atoms with Gasteiger partial charge in [0.2, 0.25) is 0 Å². The number of aromatic nitrogens is 2. The van der Waals surface area contributed by atoms with Gasteiger partial charge in [-0.25, -0.2) is 9.97 Å². The highest BCUT2D eigenvalue weighted by Crippen LogP contribution is 2.34. The van der Waals surface area contributed by atoms with Crippen molar-refractivity contribution in [2.75, 3.05) is 42.5 Å². The number of hydrogen-bond donors (Lipinski definition) is 0. The first-order valence-corrected chi connectivity index (χ1v) is 10.1. The number of piperazine rings is 1. The number of rotatable bonds is 4. The van der Waals surface area contributed by atoms with Crippen molar-refractivity contribution in [3.8, 4) is 0 Å². The molecule has 0 atom stereocenters. The van der Waals surface area contributed by atoms with Crippen LogP contribution in [0.1, 0.15) is 11.1 Å². The molecule has 2 aromatic carbocycles. The molecule has 1 saturated heterocycles. The standard InChI is InChI=1S/C23H25N5/c1-2-6-19(7-3-1)17-26-12-14-27(15-13-26)22-16-23(25-18-24-22)28-11-10-20-8-4-5-9-21(20)28/h1-9,16,18H,10-15,17H2. The van der Waals surface area contributed by atoms with Crippen LogP contribution in [0.25, 0.3) is 0 Å². The number of fused-ring (bicyclic) bond motifs is 1. The Hall–Kier alpha value is -2.92. The molecule has 1 fully saturated rings. The van der Waals surface area contributed by atoms with Gasteiger partial charge >= 0.3 is 0 Å². The monoisotopic (exact) mass is 371 g/mol. The molecule has 142 valence electrons. The lowest BCUT2D eigenvalue weighted by Gasteiger charge is -2.35. The van der Waals surface area contributed by atoms with Gasteiger partial charge in [-0.05, 0) is 23.6 Å². The van der Waals surface area contributed by atoms with E-state index in [9.17, 15) is 0 Å². The third-order valence-electron chi connectivity index (χ3n) is 5.75. The SMILES string of the molecule is c1ccc(CN2CCN(c3cc(N4CCc5ccccc54)ncn3)CC2)cc1. The van der Waals surface area contributed by atoms with Crippen LogP contribution in [0.4, 0.5) is 17.3 Å². The third kappa shape index (κ3) is 3.45. The summed E-state index contributed by atoms with van der Waals surface area (Å²) in [7, 11) is 0. The van der Waals surface area contributed by atoms with Crippen LogP contribution in [-0.2, 0) is 13.0 Å². The smallest absolute Gasteiger partial charge is 0.138 e. The number of benzene rings is 2. The molecule has 2 aliphatic rings. The van der Waals surface area contributed by atoms with Gasteiger partial charge in [0, 0.05) is 51.0 Å². The van der Waals surface area contributed by atoms with Crippen LogP contribution in [0.15, 0.2) is 67.0 Å². The van der Waals surface area contributed by atoms with E-state index in [4.69, 9.17) is 0 Å². The first kappa shape index (κ1) is 17.2. The number of anilines is 3. The Morgan fingerprint density at radius 2 is 1.50 bits per heavy atom. The highest BCUT2D eigenvalue weighted by atomic mass is 15.3. The zero-order chi connectivity index (χ0) is 18.8. The van der Waals surface area contributed by atoms with E-state index in [-0.39, 0.29) is 0 Å². The van der Waals surface area contributed by atoms with Crippen LogP contribution in [0.5, 0.6) is 0 Å². The maximum atomic E-state index is 4.57. The second-order valence-corrected chi connectivity index (χ2v) is 7.51. The van der Waals surface area contributed by atoms with E-state index in [1.165, 1.54) is 16.8 Å². The zero-order valence-electron chi connectivity index (χ0n) is 16.0. The third-order valence-corrected chi connectivity index (χ3v) is 5.75. The summed E-state index contributed by atoms with van der Waals surface area (Å²) in [6.45, 7) is 6.12. The van der Waals surface area contributed by atoms with E-state index < -0.39 is 0 Å². The summed E-state index contributed by atoms with van der Waals surface area (Å²) >= 11 is 0. The predicted octanol–water partition coefficient (Wildman–Crippen LogP) is 3.49. The molecule has 0 amide bonds. The van der Waals surface area contributed by atoms with Crippen molar-refractivity contribution in [1.82, 2.24) is 14.9 Å². The summed E-state index contributed by atoms with van der Waals surface area (Å²) < 4.78 is 0. The van der Waals surface area contributed by atoms with Crippen molar-refractivity contribution in [3.63, 3.8) is 0 Å². The molecule has 0 unspecified atom stereocenters. The molecule has 28 heavy (non-hydrogen) atoms. The molecule has 0 saturated carbocycles. The highest BCUT2D eigenvalue weighted by Gasteiger charge is 2.23. The lowest BCUT2D eigenvalue weighted by Crippen LogP contribution is -2.46. The summed E-state index contributed by atoms with van der Waals surface area (Å²) in [4.78, 5) is 16.3. The van der Waals surface area contributed by atoms with Crippen molar-refractivity contribution in [2.24, 2.45) is 0 Å². The molecule has 3 aromatic rings. The summed E-state index contributed by atoms with van der Waals surface area (Å²) in [5, 5.41) is 0. The van der Waals surface area contributed by atoms with Crippen molar-refractivity contribution in [1.29, 1.82) is 0 Å². The van der Waals surface area contributed by atoms with Crippen LogP contribution in [-0.4, -0.2) is 47.6 Å². The maximum Gasteiger partial charge on any atom is 0.138 e. The summed E-state index contributed by atoms with van der Waals surface area (Å²) in [5.41, 5.74) is 4.06. The van der Waals surface area contributed by atoms with Crippen LogP contribution in [0.2, 0.25) is 0 Å². The Morgan fingerprint density at radius 1 is 0.750 bits per heavy atom. The molecule has 5 rings (SSSR count). The summed E-state index contributed by atoms with van der Waals surface area (Å²) in [5.74, 6) is 2.04. The average Bonchev–Trinajstić information content (AvgIpc) is 3.19. The molecular weight excluding hydrogens is 346 g/mol. The minimum Gasteiger partial charge on any atom is -0.354 e. The maximum absolute atomic E-state index is 4.57. The number of nitrogens with zero attached hydrogens (tertiary/aromatic N) is 5. The predicted molar refractivity (Wildman–Crippen MR) is 113 cm³/mol. The number of hydrogen-bond acceptors (Lipinski definition) is 5. The van der Waals surface area contributed by atoms with Gasteiger partial charge in [-0.3, -0.25) is 4.90 Å². The van der Waals surface area contributed by atoms with E-state index in [0.29, 0.717) is 0 Å². The van der Waals surface area contributed by atoms with Crippen LogP contribution in [0.3, 0.4) is 0 Å². The number of para-hydroxylation sites is 1. The van der Waals surface area contributed by atoms with Gasteiger partial charge < -0.3 is 9.80 Å². The van der Waals surface area contributed by atoms with Gasteiger partial charge in [-0.1, -0.05) is 48.5 Å².